The van der Waals surface area contributed by atoms with Crippen molar-refractivity contribution in [3.8, 4) is 0 Å². The van der Waals surface area contributed by atoms with Crippen LogP contribution >= 0.6 is 0 Å². The van der Waals surface area contributed by atoms with Gasteiger partial charge in [0.05, 0.1) is 6.61 Å². The molecule has 0 aliphatic carbocycles. The van der Waals surface area contributed by atoms with Gasteiger partial charge >= 0.3 is 0 Å². The standard InChI is InChI=1S/C23H30O2Si/c1-6-20(4)21(17-24-5)18-26(25-19(2)3,22-13-9-7-10-14-22)23-15-11-8-12-16-23/h6-16,18-20H,1,17H2,2-5H3/b21-18-. The molecule has 3 heteroatoms. The second kappa shape index (κ2) is 9.67. The molecular formula is C23H30O2Si. The molecule has 2 nitrogen and oxygen atoms in total. The Balaban J connectivity index is 2.75. The fourth-order valence-corrected chi connectivity index (χ4v) is 7.12. The van der Waals surface area contributed by atoms with Crippen LogP contribution in [0.5, 0.6) is 0 Å². The first-order valence-electron chi connectivity index (χ1n) is 9.15. The number of hydrogen-bond acceptors (Lipinski definition) is 2. The van der Waals surface area contributed by atoms with E-state index in [0.717, 1.165) is 0 Å². The first kappa shape index (κ1) is 20.4. The summed E-state index contributed by atoms with van der Waals surface area (Å²) >= 11 is 0. The lowest BCUT2D eigenvalue weighted by Gasteiger charge is -2.33. The molecule has 2 aromatic rings. The van der Waals surface area contributed by atoms with Crippen LogP contribution in [-0.4, -0.2) is 28.1 Å². The second-order valence-corrected chi connectivity index (χ2v) is 9.96. The largest absolute Gasteiger partial charge is 0.402 e. The second-order valence-electron chi connectivity index (χ2n) is 6.81. The lowest BCUT2D eigenvalue weighted by atomic mass is 10.0. The van der Waals surface area contributed by atoms with Crippen molar-refractivity contribution in [2.45, 2.75) is 26.9 Å². The summed E-state index contributed by atoms with van der Waals surface area (Å²) in [4.78, 5) is 0. The van der Waals surface area contributed by atoms with Crippen LogP contribution in [0.3, 0.4) is 0 Å². The van der Waals surface area contributed by atoms with Crippen LogP contribution < -0.4 is 10.4 Å². The van der Waals surface area contributed by atoms with E-state index in [9.17, 15) is 0 Å². The smallest absolute Gasteiger partial charge is 0.281 e. The molecule has 0 saturated carbocycles. The molecule has 0 heterocycles. The fraction of sp³-hybridized carbons (Fsp3) is 0.304. The molecule has 0 saturated heterocycles. The summed E-state index contributed by atoms with van der Waals surface area (Å²) in [6, 6.07) is 21.2. The third-order valence-corrected chi connectivity index (χ3v) is 8.47. The molecule has 0 aliphatic rings. The first-order chi connectivity index (χ1) is 12.5. The molecule has 0 aromatic heterocycles. The molecule has 0 N–H and O–H groups in total. The fourth-order valence-electron chi connectivity index (χ4n) is 3.13. The molecule has 0 spiro atoms. The van der Waals surface area contributed by atoms with Gasteiger partial charge in [-0.2, -0.15) is 0 Å². The molecule has 0 radical (unpaired) electrons. The number of methoxy groups -OCH3 is 1. The number of rotatable bonds is 9. The van der Waals surface area contributed by atoms with Crippen LogP contribution in [0.15, 0.2) is 84.6 Å². The van der Waals surface area contributed by atoms with Crippen molar-refractivity contribution >= 4 is 18.7 Å². The number of ether oxygens (including phenoxy) is 1. The van der Waals surface area contributed by atoms with Crippen molar-refractivity contribution in [2.75, 3.05) is 13.7 Å². The minimum absolute atomic E-state index is 0.112. The zero-order chi connectivity index (χ0) is 19.0. The molecule has 0 aliphatic heterocycles. The molecule has 1 atom stereocenters. The van der Waals surface area contributed by atoms with Crippen molar-refractivity contribution in [3.63, 3.8) is 0 Å². The zero-order valence-electron chi connectivity index (χ0n) is 16.3. The predicted molar refractivity (Wildman–Crippen MR) is 113 cm³/mol. The molecule has 2 rings (SSSR count). The van der Waals surface area contributed by atoms with Crippen molar-refractivity contribution in [1.82, 2.24) is 0 Å². The Morgan fingerprint density at radius 2 is 1.46 bits per heavy atom. The average Bonchev–Trinajstić information content (AvgIpc) is 2.67. The molecule has 0 bridgehead atoms. The quantitative estimate of drug-likeness (QED) is 0.491. The van der Waals surface area contributed by atoms with Crippen molar-refractivity contribution in [2.24, 2.45) is 5.92 Å². The summed E-state index contributed by atoms with van der Waals surface area (Å²) in [7, 11) is -0.843. The summed E-state index contributed by atoms with van der Waals surface area (Å²) < 4.78 is 12.3. The summed E-state index contributed by atoms with van der Waals surface area (Å²) in [5, 5.41) is 2.48. The number of hydrogen-bond donors (Lipinski definition) is 0. The van der Waals surface area contributed by atoms with Crippen LogP contribution in [0.2, 0.25) is 0 Å². The Morgan fingerprint density at radius 3 is 1.85 bits per heavy atom. The van der Waals surface area contributed by atoms with E-state index in [0.29, 0.717) is 6.61 Å². The third kappa shape index (κ3) is 4.82. The first-order valence-corrected chi connectivity index (χ1v) is 11.1. The van der Waals surface area contributed by atoms with Gasteiger partial charge in [-0.15, -0.1) is 6.58 Å². The third-order valence-electron chi connectivity index (χ3n) is 4.46. The molecular weight excluding hydrogens is 336 g/mol. The summed E-state index contributed by atoms with van der Waals surface area (Å²) in [5.41, 5.74) is 3.57. The van der Waals surface area contributed by atoms with Gasteiger partial charge in [-0.1, -0.05) is 79.4 Å². The van der Waals surface area contributed by atoms with Gasteiger partial charge in [0.15, 0.2) is 0 Å². The Labute approximate surface area is 159 Å². The topological polar surface area (TPSA) is 18.5 Å². The van der Waals surface area contributed by atoms with E-state index >= 15 is 0 Å². The normalized spacial score (nSPS) is 13.7. The van der Waals surface area contributed by atoms with Gasteiger partial charge in [0, 0.05) is 13.2 Å². The molecule has 2 aromatic carbocycles. The van der Waals surface area contributed by atoms with Gasteiger partial charge in [0.25, 0.3) is 8.32 Å². The minimum atomic E-state index is -2.58. The van der Waals surface area contributed by atoms with Gasteiger partial charge in [-0.3, -0.25) is 0 Å². The molecule has 138 valence electrons. The van der Waals surface area contributed by atoms with Crippen LogP contribution in [-0.2, 0) is 9.16 Å². The van der Waals surface area contributed by atoms with E-state index in [-0.39, 0.29) is 12.0 Å². The Morgan fingerprint density at radius 1 is 0.962 bits per heavy atom. The minimum Gasteiger partial charge on any atom is -0.402 e. The van der Waals surface area contributed by atoms with E-state index in [4.69, 9.17) is 9.16 Å². The summed E-state index contributed by atoms with van der Waals surface area (Å²) in [5.74, 6) is 0.227. The van der Waals surface area contributed by atoms with Crippen LogP contribution in [0.1, 0.15) is 20.8 Å². The van der Waals surface area contributed by atoms with Crippen molar-refractivity contribution < 1.29 is 9.16 Å². The SMILES string of the molecule is C=CC(C)/C(=C\[Si](OC(C)C)(c1ccccc1)c1ccccc1)COC. The molecule has 0 amide bonds. The highest BCUT2D eigenvalue weighted by Crippen LogP contribution is 2.20. The van der Waals surface area contributed by atoms with Crippen LogP contribution in [0.25, 0.3) is 0 Å². The Bertz CT molecular complexity index is 668. The van der Waals surface area contributed by atoms with E-state index in [1.54, 1.807) is 7.11 Å². The number of benzene rings is 2. The Hall–Kier alpha value is -1.94. The maximum Gasteiger partial charge on any atom is 0.281 e. The van der Waals surface area contributed by atoms with E-state index in [2.05, 4.69) is 93.7 Å². The monoisotopic (exact) mass is 366 g/mol. The van der Waals surface area contributed by atoms with E-state index in [1.807, 2.05) is 6.08 Å². The highest BCUT2D eigenvalue weighted by atomic mass is 28.4. The Kier molecular flexibility index (Phi) is 7.58. The summed E-state index contributed by atoms with van der Waals surface area (Å²) in [6.07, 6.45) is 2.08. The highest BCUT2D eigenvalue weighted by Gasteiger charge is 2.39. The van der Waals surface area contributed by atoms with E-state index < -0.39 is 8.32 Å². The average molecular weight is 367 g/mol. The molecule has 26 heavy (non-hydrogen) atoms. The van der Waals surface area contributed by atoms with Gasteiger partial charge in [-0.25, -0.2) is 0 Å². The summed E-state index contributed by atoms with van der Waals surface area (Å²) in [6.45, 7) is 10.9. The highest BCUT2D eigenvalue weighted by molar-refractivity contribution is 7.01. The van der Waals surface area contributed by atoms with Gasteiger partial charge in [0.2, 0.25) is 0 Å². The predicted octanol–water partition coefficient (Wildman–Crippen LogP) is 4.11. The lowest BCUT2D eigenvalue weighted by Crippen LogP contribution is -2.61. The van der Waals surface area contributed by atoms with Crippen molar-refractivity contribution in [3.05, 3.63) is 84.6 Å². The van der Waals surface area contributed by atoms with Crippen LogP contribution in [0.4, 0.5) is 0 Å². The maximum atomic E-state index is 6.75. The van der Waals surface area contributed by atoms with Gasteiger partial charge in [0.1, 0.15) is 0 Å². The van der Waals surface area contributed by atoms with Gasteiger partial charge < -0.3 is 9.16 Å². The zero-order valence-corrected chi connectivity index (χ0v) is 17.3. The molecule has 1 unspecified atom stereocenters. The van der Waals surface area contributed by atoms with Crippen molar-refractivity contribution in [1.29, 1.82) is 0 Å². The lowest BCUT2D eigenvalue weighted by molar-refractivity contribution is 0.219. The van der Waals surface area contributed by atoms with E-state index in [1.165, 1.54) is 15.9 Å². The number of allylic oxidation sites excluding steroid dienone is 1. The maximum absolute atomic E-state index is 6.75. The molecule has 0 fully saturated rings. The van der Waals surface area contributed by atoms with Crippen LogP contribution in [0, 0.1) is 5.92 Å². The van der Waals surface area contributed by atoms with Gasteiger partial charge in [-0.05, 0) is 35.7 Å².